The smallest absolute Gasteiger partial charge is 0.335 e. The summed E-state index contributed by atoms with van der Waals surface area (Å²) in [5.41, 5.74) is -2.07. The Morgan fingerprint density at radius 1 is 0.955 bits per heavy atom. The maximum absolute atomic E-state index is 12.5. The summed E-state index contributed by atoms with van der Waals surface area (Å²) in [5, 5.41) is 0. The largest absolute Gasteiger partial charge is 0.465 e. The van der Waals surface area contributed by atoms with Crippen LogP contribution in [0.4, 0.5) is 0 Å². The van der Waals surface area contributed by atoms with E-state index in [1.165, 1.54) is 0 Å². The van der Waals surface area contributed by atoms with Crippen LogP contribution in [0.3, 0.4) is 0 Å². The van der Waals surface area contributed by atoms with E-state index in [0.717, 1.165) is 12.8 Å². The highest BCUT2D eigenvalue weighted by Gasteiger charge is 2.61. The van der Waals surface area contributed by atoms with Crippen LogP contribution in [0.15, 0.2) is 12.2 Å². The first-order valence-electron chi connectivity index (χ1n) is 7.73. The van der Waals surface area contributed by atoms with Crippen molar-refractivity contribution >= 4 is 17.9 Å². The van der Waals surface area contributed by atoms with Gasteiger partial charge in [0.1, 0.15) is 0 Å². The van der Waals surface area contributed by atoms with E-state index < -0.39 is 29.2 Å². The van der Waals surface area contributed by atoms with E-state index in [0.29, 0.717) is 6.42 Å². The van der Waals surface area contributed by atoms with Crippen molar-refractivity contribution in [2.45, 2.75) is 40.0 Å². The van der Waals surface area contributed by atoms with Gasteiger partial charge in [0.25, 0.3) is 5.41 Å². The average Bonchev–Trinajstić information content (AvgIpc) is 2.50. The lowest BCUT2D eigenvalue weighted by Gasteiger charge is -2.33. The highest BCUT2D eigenvalue weighted by atomic mass is 16.6. The van der Waals surface area contributed by atoms with Crippen molar-refractivity contribution < 1.29 is 28.6 Å². The first kappa shape index (κ1) is 18.2. The Labute approximate surface area is 130 Å². The number of carbonyl (C=O) groups excluding carboxylic acids is 3. The Bertz CT molecular complexity index is 394. The molecule has 0 radical (unpaired) electrons. The van der Waals surface area contributed by atoms with Gasteiger partial charge in [-0.25, -0.2) is 0 Å². The zero-order valence-corrected chi connectivity index (χ0v) is 13.4. The average molecular weight is 312 g/mol. The highest BCUT2D eigenvalue weighted by molar-refractivity contribution is 6.18. The van der Waals surface area contributed by atoms with Gasteiger partial charge in [-0.05, 0) is 40.0 Å². The van der Waals surface area contributed by atoms with Gasteiger partial charge in [-0.3, -0.25) is 14.4 Å². The van der Waals surface area contributed by atoms with Crippen molar-refractivity contribution in [2.75, 3.05) is 19.8 Å². The summed E-state index contributed by atoms with van der Waals surface area (Å²) >= 11 is 0. The normalized spacial score (nSPS) is 17.7. The molecule has 0 aromatic carbocycles. The zero-order chi connectivity index (χ0) is 16.6. The molecule has 0 bridgehead atoms. The van der Waals surface area contributed by atoms with Crippen LogP contribution in [0.5, 0.6) is 0 Å². The molecule has 0 amide bonds. The summed E-state index contributed by atoms with van der Waals surface area (Å²) in [4.78, 5) is 37.6. The number of carbonyl (C=O) groups is 3. The van der Waals surface area contributed by atoms with Crippen molar-refractivity contribution in [1.82, 2.24) is 0 Å². The van der Waals surface area contributed by atoms with Crippen LogP contribution >= 0.6 is 0 Å². The van der Waals surface area contributed by atoms with E-state index >= 15 is 0 Å². The number of rotatable bonds is 7. The van der Waals surface area contributed by atoms with Crippen LogP contribution in [-0.4, -0.2) is 37.7 Å². The van der Waals surface area contributed by atoms with Crippen LogP contribution in [0.1, 0.15) is 40.0 Å². The summed E-state index contributed by atoms with van der Waals surface area (Å²) in [7, 11) is 0. The van der Waals surface area contributed by atoms with Gasteiger partial charge in [-0.1, -0.05) is 12.2 Å². The minimum absolute atomic E-state index is 0.0653. The molecule has 1 rings (SSSR count). The van der Waals surface area contributed by atoms with Crippen molar-refractivity contribution in [1.29, 1.82) is 0 Å². The Morgan fingerprint density at radius 2 is 1.41 bits per heavy atom. The lowest BCUT2D eigenvalue weighted by atomic mass is 9.71. The van der Waals surface area contributed by atoms with Gasteiger partial charge in [0.05, 0.1) is 19.8 Å². The van der Waals surface area contributed by atoms with Gasteiger partial charge in [0.15, 0.2) is 0 Å². The molecule has 1 aliphatic carbocycles. The molecule has 0 aromatic rings. The zero-order valence-electron chi connectivity index (χ0n) is 13.4. The molecule has 0 aliphatic heterocycles. The van der Waals surface area contributed by atoms with E-state index in [1.54, 1.807) is 26.8 Å². The fraction of sp³-hybridized carbons (Fsp3) is 0.688. The van der Waals surface area contributed by atoms with Crippen molar-refractivity contribution in [3.8, 4) is 0 Å². The summed E-state index contributed by atoms with van der Waals surface area (Å²) in [6.45, 7) is 5.06. The Kier molecular flexibility index (Phi) is 7.08. The molecule has 124 valence electrons. The molecular weight excluding hydrogens is 288 g/mol. The molecular formula is C16H24O6. The third kappa shape index (κ3) is 3.48. The monoisotopic (exact) mass is 312 g/mol. The van der Waals surface area contributed by atoms with Gasteiger partial charge < -0.3 is 14.2 Å². The lowest BCUT2D eigenvalue weighted by molar-refractivity contribution is -0.187. The molecule has 22 heavy (non-hydrogen) atoms. The van der Waals surface area contributed by atoms with Crippen LogP contribution in [0.2, 0.25) is 0 Å². The molecule has 0 spiro atoms. The van der Waals surface area contributed by atoms with Crippen molar-refractivity contribution in [3.05, 3.63) is 12.2 Å². The molecule has 0 aromatic heterocycles. The van der Waals surface area contributed by atoms with Crippen molar-refractivity contribution in [2.24, 2.45) is 11.3 Å². The molecule has 6 heteroatoms. The number of esters is 3. The number of hydrogen-bond acceptors (Lipinski definition) is 6. The van der Waals surface area contributed by atoms with E-state index in [2.05, 4.69) is 0 Å². The number of allylic oxidation sites excluding steroid dienone is 2. The van der Waals surface area contributed by atoms with Crippen LogP contribution in [0.25, 0.3) is 0 Å². The summed E-state index contributed by atoms with van der Waals surface area (Å²) in [6.07, 6.45) is 5.73. The fourth-order valence-electron chi connectivity index (χ4n) is 2.61. The van der Waals surface area contributed by atoms with Gasteiger partial charge in [0, 0.05) is 5.92 Å². The first-order valence-corrected chi connectivity index (χ1v) is 7.73. The molecule has 1 aliphatic rings. The molecule has 0 fully saturated rings. The van der Waals surface area contributed by atoms with Crippen LogP contribution < -0.4 is 0 Å². The molecule has 6 nitrogen and oxygen atoms in total. The predicted molar refractivity (Wildman–Crippen MR) is 78.8 cm³/mol. The molecule has 1 atom stereocenters. The van der Waals surface area contributed by atoms with Gasteiger partial charge >= 0.3 is 17.9 Å². The third-order valence-corrected chi connectivity index (χ3v) is 3.60. The second-order valence-corrected chi connectivity index (χ2v) is 4.93. The first-order chi connectivity index (χ1) is 10.5. The molecule has 0 heterocycles. The number of ether oxygens (including phenoxy) is 3. The van der Waals surface area contributed by atoms with Gasteiger partial charge in [0.2, 0.25) is 0 Å². The molecule has 0 saturated carbocycles. The van der Waals surface area contributed by atoms with E-state index in [4.69, 9.17) is 14.2 Å². The second kappa shape index (κ2) is 8.56. The molecule has 0 N–H and O–H groups in total. The van der Waals surface area contributed by atoms with E-state index in [1.807, 2.05) is 6.08 Å². The predicted octanol–water partition coefficient (Wildman–Crippen LogP) is 2.02. The summed E-state index contributed by atoms with van der Waals surface area (Å²) < 4.78 is 15.1. The minimum atomic E-state index is -2.07. The quantitative estimate of drug-likeness (QED) is 0.310. The molecule has 1 unspecified atom stereocenters. The topological polar surface area (TPSA) is 78.9 Å². The van der Waals surface area contributed by atoms with Crippen LogP contribution in [0, 0.1) is 11.3 Å². The Balaban J connectivity index is 3.36. The molecule has 0 saturated heterocycles. The van der Waals surface area contributed by atoms with Crippen molar-refractivity contribution in [3.63, 3.8) is 0 Å². The minimum Gasteiger partial charge on any atom is -0.465 e. The maximum Gasteiger partial charge on any atom is 0.335 e. The number of hydrogen-bond donors (Lipinski definition) is 0. The third-order valence-electron chi connectivity index (χ3n) is 3.60. The maximum atomic E-state index is 12.5. The Hall–Kier alpha value is -1.85. The van der Waals surface area contributed by atoms with Crippen LogP contribution in [-0.2, 0) is 28.6 Å². The van der Waals surface area contributed by atoms with E-state index in [9.17, 15) is 14.4 Å². The summed E-state index contributed by atoms with van der Waals surface area (Å²) in [5.74, 6) is -3.31. The standard InChI is InChI=1S/C16H24O6/c1-4-20-13(17)16(14(18)21-5-2,15(19)22-6-3)12-10-8-7-9-11-12/h8,10,12H,4-7,9,11H2,1-3H3. The fourth-order valence-corrected chi connectivity index (χ4v) is 2.61. The van der Waals surface area contributed by atoms with Gasteiger partial charge in [-0.2, -0.15) is 0 Å². The Morgan fingerprint density at radius 3 is 1.73 bits per heavy atom. The van der Waals surface area contributed by atoms with E-state index in [-0.39, 0.29) is 19.8 Å². The lowest BCUT2D eigenvalue weighted by Crippen LogP contribution is -2.54. The van der Waals surface area contributed by atoms with Gasteiger partial charge in [-0.15, -0.1) is 0 Å². The highest BCUT2D eigenvalue weighted by Crippen LogP contribution is 2.39. The summed E-state index contributed by atoms with van der Waals surface area (Å²) in [6, 6.07) is 0. The second-order valence-electron chi connectivity index (χ2n) is 4.93. The SMILES string of the molecule is CCOC(=O)C(C(=O)OCC)(C(=O)OCC)C1C=CCCC1.